The highest BCUT2D eigenvalue weighted by Gasteiger charge is 2.32. The number of sulfonamides is 1. The first-order valence-electron chi connectivity index (χ1n) is 9.97. The molecule has 1 fully saturated rings. The first kappa shape index (κ1) is 24.6. The quantitative estimate of drug-likeness (QED) is 0.646. The second-order valence-corrected chi connectivity index (χ2v) is 9.17. The number of nitrogens with one attached hydrogen (secondary N) is 1. The molecule has 1 amide bonds. The summed E-state index contributed by atoms with van der Waals surface area (Å²) >= 11 is 0. The Morgan fingerprint density at radius 1 is 1.00 bits per heavy atom. The molecule has 1 heterocycles. The summed E-state index contributed by atoms with van der Waals surface area (Å²) in [4.78, 5) is 14.0. The molecule has 2 aromatic rings. The van der Waals surface area contributed by atoms with Crippen LogP contribution in [0.4, 0.5) is 18.9 Å². The van der Waals surface area contributed by atoms with Gasteiger partial charge in [-0.3, -0.25) is 4.79 Å². The average Bonchev–Trinajstić information content (AvgIpc) is 2.81. The number of piperazine rings is 1. The lowest BCUT2D eigenvalue weighted by atomic mass is 10.2. The number of carbonyl (C=O) groups excluding carboxylic acids is 1. The third kappa shape index (κ3) is 5.69. The van der Waals surface area contributed by atoms with E-state index in [1.165, 1.54) is 53.8 Å². The molecule has 1 aliphatic heterocycles. The molecule has 0 spiro atoms. The van der Waals surface area contributed by atoms with Crippen molar-refractivity contribution in [2.45, 2.75) is 11.1 Å². The Morgan fingerprint density at radius 2 is 1.67 bits per heavy atom. The number of amides is 1. The normalized spacial score (nSPS) is 15.2. The molecule has 0 bridgehead atoms. The molecule has 3 rings (SSSR count). The van der Waals surface area contributed by atoms with Gasteiger partial charge < -0.3 is 19.7 Å². The number of hydrogen-bond acceptors (Lipinski definition) is 6. The molecule has 1 saturated heterocycles. The maximum absolute atomic E-state index is 13.0. The second kappa shape index (κ2) is 9.87. The Kier molecular flexibility index (Phi) is 7.38. The van der Waals surface area contributed by atoms with E-state index in [0.717, 1.165) is 12.1 Å². The van der Waals surface area contributed by atoms with Crippen molar-refractivity contribution >= 4 is 21.6 Å². The van der Waals surface area contributed by atoms with Crippen molar-refractivity contribution < 1.29 is 35.9 Å². The van der Waals surface area contributed by atoms with E-state index in [2.05, 4.69) is 5.32 Å². The van der Waals surface area contributed by atoms with Crippen LogP contribution in [-0.2, 0) is 21.0 Å². The van der Waals surface area contributed by atoms with E-state index in [1.54, 1.807) is 0 Å². The van der Waals surface area contributed by atoms with Crippen LogP contribution in [0, 0.1) is 0 Å². The fraction of sp³-hybridized carbons (Fsp3) is 0.381. The number of nitrogens with zero attached hydrogens (tertiary/aromatic N) is 2. The Labute approximate surface area is 189 Å². The first-order chi connectivity index (χ1) is 15.6. The molecule has 0 saturated carbocycles. The summed E-state index contributed by atoms with van der Waals surface area (Å²) < 4.78 is 76.0. The van der Waals surface area contributed by atoms with Crippen LogP contribution in [0.25, 0.3) is 0 Å². The molecule has 0 atom stereocenters. The molecule has 8 nitrogen and oxygen atoms in total. The van der Waals surface area contributed by atoms with Gasteiger partial charge in [0.1, 0.15) is 0 Å². The number of halogens is 3. The minimum atomic E-state index is -4.47. The Hall–Kier alpha value is -2.99. The molecule has 180 valence electrons. The molecule has 33 heavy (non-hydrogen) atoms. The van der Waals surface area contributed by atoms with Gasteiger partial charge in [0, 0.05) is 37.9 Å². The first-order valence-corrected chi connectivity index (χ1v) is 11.4. The van der Waals surface area contributed by atoms with Crippen LogP contribution in [0.1, 0.15) is 5.56 Å². The Bertz CT molecular complexity index is 1100. The number of alkyl halides is 3. The monoisotopic (exact) mass is 487 g/mol. The summed E-state index contributed by atoms with van der Waals surface area (Å²) in [6, 6.07) is 8.89. The van der Waals surface area contributed by atoms with Gasteiger partial charge in [0.05, 0.1) is 31.2 Å². The molecular formula is C21H24F3N3O5S. The number of carbonyl (C=O) groups is 1. The molecule has 0 radical (unpaired) electrons. The lowest BCUT2D eigenvalue weighted by molar-refractivity contribution is -0.137. The number of benzene rings is 2. The maximum Gasteiger partial charge on any atom is 0.416 e. The number of anilines is 1. The third-order valence-corrected chi connectivity index (χ3v) is 7.11. The predicted molar refractivity (Wildman–Crippen MR) is 115 cm³/mol. The van der Waals surface area contributed by atoms with Crippen LogP contribution in [0.15, 0.2) is 47.4 Å². The smallest absolute Gasteiger partial charge is 0.416 e. The van der Waals surface area contributed by atoms with Gasteiger partial charge in [0.25, 0.3) is 0 Å². The Morgan fingerprint density at radius 3 is 2.27 bits per heavy atom. The van der Waals surface area contributed by atoms with Crippen LogP contribution < -0.4 is 14.8 Å². The van der Waals surface area contributed by atoms with Gasteiger partial charge in [-0.15, -0.1) is 0 Å². The van der Waals surface area contributed by atoms with E-state index in [-0.39, 0.29) is 55.0 Å². The molecular weight excluding hydrogens is 463 g/mol. The zero-order valence-corrected chi connectivity index (χ0v) is 18.9. The molecule has 0 aromatic heterocycles. The minimum absolute atomic E-state index is 0.0474. The molecule has 2 aromatic carbocycles. The van der Waals surface area contributed by atoms with E-state index in [4.69, 9.17) is 9.47 Å². The number of hydrogen-bond donors (Lipinski definition) is 1. The van der Waals surface area contributed by atoms with E-state index >= 15 is 0 Å². The lowest BCUT2D eigenvalue weighted by Gasteiger charge is -2.34. The summed E-state index contributed by atoms with van der Waals surface area (Å²) in [5.41, 5.74) is -0.637. The zero-order valence-electron chi connectivity index (χ0n) is 18.1. The van der Waals surface area contributed by atoms with Gasteiger partial charge in [0.15, 0.2) is 11.5 Å². The summed E-state index contributed by atoms with van der Waals surface area (Å²) in [5.74, 6) is 0.351. The zero-order chi connectivity index (χ0) is 24.2. The molecule has 0 aliphatic carbocycles. The number of methoxy groups -OCH3 is 2. The van der Waals surface area contributed by atoms with Crippen LogP contribution >= 0.6 is 0 Å². The van der Waals surface area contributed by atoms with Crippen molar-refractivity contribution in [2.24, 2.45) is 0 Å². The van der Waals surface area contributed by atoms with Crippen LogP contribution in [-0.4, -0.2) is 70.5 Å². The van der Waals surface area contributed by atoms with Crippen molar-refractivity contribution in [3.05, 3.63) is 48.0 Å². The van der Waals surface area contributed by atoms with E-state index in [9.17, 15) is 26.4 Å². The number of rotatable bonds is 7. The average molecular weight is 488 g/mol. The fourth-order valence-corrected chi connectivity index (χ4v) is 4.84. The van der Waals surface area contributed by atoms with Crippen LogP contribution in [0.2, 0.25) is 0 Å². The Balaban J connectivity index is 1.58. The van der Waals surface area contributed by atoms with Gasteiger partial charge >= 0.3 is 6.18 Å². The standard InChI is InChI=1S/C21H24F3N3O5S/c1-31-18-7-6-17(13-19(18)32-2)33(29,30)27-10-8-26(9-11-27)20(28)14-25-16-5-3-4-15(12-16)21(22,23)24/h3-7,12-13,25H,8-11,14H2,1-2H3. The summed E-state index contributed by atoms with van der Waals surface area (Å²) in [6.07, 6.45) is -4.47. The summed E-state index contributed by atoms with van der Waals surface area (Å²) in [5, 5.41) is 2.70. The highest BCUT2D eigenvalue weighted by atomic mass is 32.2. The number of ether oxygens (including phenoxy) is 2. The van der Waals surface area contributed by atoms with Crippen molar-refractivity contribution in [3.63, 3.8) is 0 Å². The predicted octanol–water partition coefficient (Wildman–Crippen LogP) is 2.67. The fourth-order valence-electron chi connectivity index (χ4n) is 3.40. The van der Waals surface area contributed by atoms with Crippen molar-refractivity contribution in [1.82, 2.24) is 9.21 Å². The maximum atomic E-state index is 13.0. The molecule has 12 heteroatoms. The second-order valence-electron chi connectivity index (χ2n) is 7.23. The summed E-state index contributed by atoms with van der Waals surface area (Å²) in [7, 11) is -0.948. The van der Waals surface area contributed by atoms with Gasteiger partial charge in [-0.1, -0.05) is 6.07 Å². The topological polar surface area (TPSA) is 88.2 Å². The van der Waals surface area contributed by atoms with Crippen LogP contribution in [0.3, 0.4) is 0 Å². The molecule has 1 aliphatic rings. The largest absolute Gasteiger partial charge is 0.493 e. The highest BCUT2D eigenvalue weighted by molar-refractivity contribution is 7.89. The van der Waals surface area contributed by atoms with Crippen molar-refractivity contribution in [1.29, 1.82) is 0 Å². The van der Waals surface area contributed by atoms with Crippen LogP contribution in [0.5, 0.6) is 11.5 Å². The van der Waals surface area contributed by atoms with E-state index < -0.39 is 21.8 Å². The van der Waals surface area contributed by atoms with Gasteiger partial charge in [-0.05, 0) is 30.3 Å². The summed E-state index contributed by atoms with van der Waals surface area (Å²) in [6.45, 7) is 0.299. The highest BCUT2D eigenvalue weighted by Crippen LogP contribution is 2.32. The van der Waals surface area contributed by atoms with Crippen molar-refractivity contribution in [3.8, 4) is 11.5 Å². The van der Waals surface area contributed by atoms with E-state index in [1.807, 2.05) is 0 Å². The van der Waals surface area contributed by atoms with Gasteiger partial charge in [-0.25, -0.2) is 8.42 Å². The van der Waals surface area contributed by atoms with Gasteiger partial charge in [0.2, 0.25) is 15.9 Å². The minimum Gasteiger partial charge on any atom is -0.493 e. The third-order valence-electron chi connectivity index (χ3n) is 5.22. The molecule has 1 N–H and O–H groups in total. The SMILES string of the molecule is COc1ccc(S(=O)(=O)N2CCN(C(=O)CNc3cccc(C(F)(F)F)c3)CC2)cc1OC. The van der Waals surface area contributed by atoms with Gasteiger partial charge in [-0.2, -0.15) is 17.5 Å². The van der Waals surface area contributed by atoms with E-state index in [0.29, 0.717) is 5.75 Å². The van der Waals surface area contributed by atoms with Crippen molar-refractivity contribution in [2.75, 3.05) is 52.3 Å². The molecule has 0 unspecified atom stereocenters. The lowest BCUT2D eigenvalue weighted by Crippen LogP contribution is -2.51.